The van der Waals surface area contributed by atoms with Crippen LogP contribution < -0.4 is 0 Å². The van der Waals surface area contributed by atoms with Crippen LogP contribution >= 0.6 is 11.6 Å². The van der Waals surface area contributed by atoms with Gasteiger partial charge in [-0.2, -0.15) is 0 Å². The third kappa shape index (κ3) is 1.46. The minimum atomic E-state index is 0.400. The van der Waals surface area contributed by atoms with E-state index in [9.17, 15) is 0 Å². The number of hydrogen-bond acceptors (Lipinski definition) is 0. The predicted molar refractivity (Wildman–Crippen MR) is 61.9 cm³/mol. The predicted octanol–water partition coefficient (Wildman–Crippen LogP) is 3.97. The number of benzene rings is 1. The summed E-state index contributed by atoms with van der Waals surface area (Å²) in [6, 6.07) is 8.87. The fourth-order valence-electron chi connectivity index (χ4n) is 2.47. The summed E-state index contributed by atoms with van der Waals surface area (Å²) in [6.45, 7) is 6.75. The van der Waals surface area contributed by atoms with Gasteiger partial charge < -0.3 is 0 Å². The first-order valence-electron chi connectivity index (χ1n) is 5.20. The minimum absolute atomic E-state index is 0.400. The molecule has 2 rings (SSSR count). The number of aryl methyl sites for hydroxylation is 1. The highest BCUT2D eigenvalue weighted by molar-refractivity contribution is 6.18. The zero-order valence-electron chi connectivity index (χ0n) is 9.05. The second-order valence-corrected chi connectivity index (χ2v) is 5.28. The van der Waals surface area contributed by atoms with Gasteiger partial charge in [-0.15, -0.1) is 11.6 Å². The van der Waals surface area contributed by atoms with Gasteiger partial charge in [-0.05, 0) is 29.7 Å². The Hall–Kier alpha value is -0.490. The fourth-order valence-corrected chi connectivity index (χ4v) is 3.04. The smallest absolute Gasteiger partial charge is 0.0263 e. The average Bonchev–Trinajstić information content (AvgIpc) is 2.69. The Morgan fingerprint density at radius 3 is 2.21 bits per heavy atom. The molecule has 14 heavy (non-hydrogen) atoms. The van der Waals surface area contributed by atoms with Crippen molar-refractivity contribution < 1.29 is 0 Å². The van der Waals surface area contributed by atoms with Gasteiger partial charge in [0.05, 0.1) is 0 Å². The molecular formula is C13H17Cl. The molecule has 0 radical (unpaired) electrons. The molecule has 1 aliphatic carbocycles. The molecule has 0 saturated heterocycles. The van der Waals surface area contributed by atoms with Crippen molar-refractivity contribution in [3.05, 3.63) is 35.4 Å². The van der Waals surface area contributed by atoms with E-state index in [-0.39, 0.29) is 0 Å². The fraction of sp³-hybridized carbons (Fsp3) is 0.538. The van der Waals surface area contributed by atoms with Gasteiger partial charge in [-0.25, -0.2) is 0 Å². The van der Waals surface area contributed by atoms with Gasteiger partial charge in [0.1, 0.15) is 0 Å². The lowest BCUT2D eigenvalue weighted by Gasteiger charge is -2.03. The van der Waals surface area contributed by atoms with Crippen LogP contribution in [0, 0.1) is 18.3 Å². The first-order chi connectivity index (χ1) is 6.57. The summed E-state index contributed by atoms with van der Waals surface area (Å²) in [5.74, 6) is 2.11. The maximum absolute atomic E-state index is 5.96. The number of rotatable bonds is 2. The average molecular weight is 209 g/mol. The van der Waals surface area contributed by atoms with E-state index >= 15 is 0 Å². The zero-order valence-corrected chi connectivity index (χ0v) is 9.81. The molecule has 1 heteroatoms. The molecule has 0 aliphatic heterocycles. The summed E-state index contributed by atoms with van der Waals surface area (Å²) >= 11 is 5.96. The van der Waals surface area contributed by atoms with Crippen molar-refractivity contribution in [3.63, 3.8) is 0 Å². The van der Waals surface area contributed by atoms with Crippen molar-refractivity contribution in [2.75, 3.05) is 5.88 Å². The molecule has 0 aromatic heterocycles. The van der Waals surface area contributed by atoms with Crippen molar-refractivity contribution in [1.29, 1.82) is 0 Å². The van der Waals surface area contributed by atoms with Crippen LogP contribution in [0.15, 0.2) is 24.3 Å². The van der Waals surface area contributed by atoms with Gasteiger partial charge in [0.2, 0.25) is 0 Å². The summed E-state index contributed by atoms with van der Waals surface area (Å²) in [4.78, 5) is 0. The summed E-state index contributed by atoms with van der Waals surface area (Å²) < 4.78 is 0. The summed E-state index contributed by atoms with van der Waals surface area (Å²) in [5, 5.41) is 0. The Bertz CT molecular complexity index is 324. The second-order valence-electron chi connectivity index (χ2n) is 4.97. The Labute approximate surface area is 91.3 Å². The molecular weight excluding hydrogens is 192 g/mol. The molecule has 0 bridgehead atoms. The van der Waals surface area contributed by atoms with Crippen LogP contribution in [-0.2, 0) is 0 Å². The van der Waals surface area contributed by atoms with E-state index in [0.717, 1.165) is 5.88 Å². The lowest BCUT2D eigenvalue weighted by atomic mass is 10.0. The molecule has 2 unspecified atom stereocenters. The van der Waals surface area contributed by atoms with Crippen LogP contribution in [0.3, 0.4) is 0 Å². The largest absolute Gasteiger partial charge is 0.126 e. The summed E-state index contributed by atoms with van der Waals surface area (Å²) in [6.07, 6.45) is 0. The molecule has 1 aromatic rings. The van der Waals surface area contributed by atoms with Gasteiger partial charge in [0, 0.05) is 5.88 Å². The molecule has 0 amide bonds. The van der Waals surface area contributed by atoms with Crippen LogP contribution in [0.4, 0.5) is 0 Å². The normalized spacial score (nSPS) is 28.9. The van der Waals surface area contributed by atoms with E-state index in [1.165, 1.54) is 11.1 Å². The van der Waals surface area contributed by atoms with E-state index in [2.05, 4.69) is 45.0 Å². The van der Waals surface area contributed by atoms with Gasteiger partial charge in [0.15, 0.2) is 0 Å². The Morgan fingerprint density at radius 1 is 1.21 bits per heavy atom. The monoisotopic (exact) mass is 208 g/mol. The Balaban J connectivity index is 2.22. The summed E-state index contributed by atoms with van der Waals surface area (Å²) in [5.41, 5.74) is 3.18. The lowest BCUT2D eigenvalue weighted by Crippen LogP contribution is -1.90. The number of hydrogen-bond donors (Lipinski definition) is 0. The van der Waals surface area contributed by atoms with Crippen molar-refractivity contribution in [2.45, 2.75) is 26.7 Å². The van der Waals surface area contributed by atoms with Crippen LogP contribution in [0.2, 0.25) is 0 Å². The van der Waals surface area contributed by atoms with Crippen molar-refractivity contribution >= 4 is 11.6 Å². The third-order valence-electron chi connectivity index (χ3n) is 3.65. The molecule has 0 nitrogen and oxygen atoms in total. The number of halogens is 1. The molecule has 2 atom stereocenters. The molecule has 0 spiro atoms. The van der Waals surface area contributed by atoms with Crippen LogP contribution in [0.25, 0.3) is 0 Å². The molecule has 0 N–H and O–H groups in total. The second kappa shape index (κ2) is 3.27. The lowest BCUT2D eigenvalue weighted by molar-refractivity contribution is 0.577. The highest BCUT2D eigenvalue weighted by Crippen LogP contribution is 2.64. The standard InChI is InChI=1S/C13H17Cl/c1-9-4-6-10(7-5-9)12-11(8-14)13(12,2)3/h4-7,11-12H,8H2,1-3H3. The van der Waals surface area contributed by atoms with E-state index in [1.807, 2.05) is 0 Å². The highest BCUT2D eigenvalue weighted by atomic mass is 35.5. The van der Waals surface area contributed by atoms with Crippen molar-refractivity contribution in [3.8, 4) is 0 Å². The molecule has 1 aliphatic rings. The summed E-state index contributed by atoms with van der Waals surface area (Å²) in [7, 11) is 0. The Morgan fingerprint density at radius 2 is 1.79 bits per heavy atom. The van der Waals surface area contributed by atoms with Crippen molar-refractivity contribution in [1.82, 2.24) is 0 Å². The topological polar surface area (TPSA) is 0 Å². The van der Waals surface area contributed by atoms with Gasteiger partial charge in [0.25, 0.3) is 0 Å². The van der Waals surface area contributed by atoms with E-state index in [1.54, 1.807) is 0 Å². The van der Waals surface area contributed by atoms with Crippen LogP contribution in [-0.4, -0.2) is 5.88 Å². The van der Waals surface area contributed by atoms with E-state index < -0.39 is 0 Å². The SMILES string of the molecule is Cc1ccc(C2C(CCl)C2(C)C)cc1. The van der Waals surface area contributed by atoms with Gasteiger partial charge in [-0.3, -0.25) is 0 Å². The number of alkyl halides is 1. The van der Waals surface area contributed by atoms with Crippen LogP contribution in [0.5, 0.6) is 0 Å². The highest BCUT2D eigenvalue weighted by Gasteiger charge is 2.57. The molecule has 1 aromatic carbocycles. The first-order valence-corrected chi connectivity index (χ1v) is 5.73. The van der Waals surface area contributed by atoms with Crippen LogP contribution in [0.1, 0.15) is 30.9 Å². The minimum Gasteiger partial charge on any atom is -0.126 e. The first kappa shape index (κ1) is 10.0. The Kier molecular flexibility index (Phi) is 2.35. The third-order valence-corrected chi connectivity index (χ3v) is 3.99. The molecule has 1 saturated carbocycles. The van der Waals surface area contributed by atoms with Gasteiger partial charge in [-0.1, -0.05) is 43.7 Å². The molecule has 0 heterocycles. The quantitative estimate of drug-likeness (QED) is 0.646. The van der Waals surface area contributed by atoms with Crippen molar-refractivity contribution in [2.24, 2.45) is 11.3 Å². The molecule has 1 fully saturated rings. The van der Waals surface area contributed by atoms with E-state index in [0.29, 0.717) is 17.3 Å². The maximum atomic E-state index is 5.96. The maximum Gasteiger partial charge on any atom is 0.0263 e. The molecule has 76 valence electrons. The zero-order chi connectivity index (χ0) is 10.3. The van der Waals surface area contributed by atoms with Gasteiger partial charge >= 0.3 is 0 Å². The van der Waals surface area contributed by atoms with E-state index in [4.69, 9.17) is 11.6 Å².